The second-order valence-corrected chi connectivity index (χ2v) is 4.39. The number of nitrogens with zero attached hydrogens (tertiary/aromatic N) is 1. The molecule has 0 aliphatic carbocycles. The third-order valence-electron chi connectivity index (χ3n) is 3.39. The number of hydrogen-bond donors (Lipinski definition) is 2. The number of nitrogens with two attached hydrogens (primary N) is 1. The fourth-order valence-electron chi connectivity index (χ4n) is 2.35. The lowest BCUT2D eigenvalue weighted by molar-refractivity contribution is -0.0779. The Balaban J connectivity index is 2.24. The lowest BCUT2D eigenvalue weighted by Gasteiger charge is -2.40. The smallest absolute Gasteiger partial charge is 0.106 e. The zero-order chi connectivity index (χ0) is 11.2. The molecule has 1 aliphatic heterocycles. The van der Waals surface area contributed by atoms with Crippen LogP contribution in [0.25, 0.3) is 10.9 Å². The Morgan fingerprint density at radius 1 is 1.38 bits per heavy atom. The maximum absolute atomic E-state index is 5.66. The van der Waals surface area contributed by atoms with Gasteiger partial charge in [-0.3, -0.25) is 5.84 Å². The van der Waals surface area contributed by atoms with Crippen molar-refractivity contribution in [3.63, 3.8) is 0 Å². The summed E-state index contributed by atoms with van der Waals surface area (Å²) in [6.07, 6.45) is 2.13. The number of nitrogens with one attached hydrogen (secondary N) is 1. The summed E-state index contributed by atoms with van der Waals surface area (Å²) in [5.74, 6) is 5.66. The van der Waals surface area contributed by atoms with Crippen molar-refractivity contribution >= 4 is 10.9 Å². The van der Waals surface area contributed by atoms with Gasteiger partial charge < -0.3 is 9.30 Å². The Hall–Kier alpha value is -1.36. The summed E-state index contributed by atoms with van der Waals surface area (Å²) < 4.78 is 7.42. The Labute approximate surface area is 94.0 Å². The fourth-order valence-corrected chi connectivity index (χ4v) is 2.35. The number of hydrogen-bond acceptors (Lipinski definition) is 3. The molecule has 0 atom stereocenters. The van der Waals surface area contributed by atoms with Gasteiger partial charge >= 0.3 is 0 Å². The molecule has 4 nitrogen and oxygen atoms in total. The first-order chi connectivity index (χ1) is 7.77. The van der Waals surface area contributed by atoms with E-state index in [1.54, 1.807) is 0 Å². The molecule has 1 aromatic carbocycles. The maximum atomic E-state index is 5.66. The van der Waals surface area contributed by atoms with Crippen molar-refractivity contribution in [2.24, 2.45) is 12.9 Å². The molecule has 3 N–H and O–H groups in total. The number of aryl methyl sites for hydroxylation is 1. The molecule has 0 unspecified atom stereocenters. The van der Waals surface area contributed by atoms with Crippen LogP contribution in [0.1, 0.15) is 5.56 Å². The first-order valence-corrected chi connectivity index (χ1v) is 5.37. The number of aromatic nitrogens is 1. The van der Waals surface area contributed by atoms with Crippen molar-refractivity contribution in [2.45, 2.75) is 5.54 Å². The van der Waals surface area contributed by atoms with Crippen molar-refractivity contribution in [1.82, 2.24) is 9.99 Å². The molecule has 1 aromatic heterocycles. The van der Waals surface area contributed by atoms with Crippen LogP contribution < -0.4 is 11.3 Å². The molecule has 0 radical (unpaired) electrons. The van der Waals surface area contributed by atoms with Crippen molar-refractivity contribution < 1.29 is 4.74 Å². The summed E-state index contributed by atoms with van der Waals surface area (Å²) in [6.45, 7) is 1.27. The monoisotopic (exact) mass is 217 g/mol. The van der Waals surface area contributed by atoms with Crippen LogP contribution in [0.5, 0.6) is 0 Å². The summed E-state index contributed by atoms with van der Waals surface area (Å²) >= 11 is 0. The predicted octanol–water partition coefficient (Wildman–Crippen LogP) is 0.867. The van der Waals surface area contributed by atoms with Gasteiger partial charge in [-0.05, 0) is 6.07 Å². The molecular formula is C12H15N3O. The highest BCUT2D eigenvalue weighted by Crippen LogP contribution is 2.34. The van der Waals surface area contributed by atoms with Crippen LogP contribution in [-0.4, -0.2) is 17.8 Å². The number of fused-ring (bicyclic) bond motifs is 1. The van der Waals surface area contributed by atoms with Gasteiger partial charge in [0.1, 0.15) is 5.54 Å². The maximum Gasteiger partial charge on any atom is 0.106 e. The van der Waals surface area contributed by atoms with E-state index >= 15 is 0 Å². The molecule has 0 bridgehead atoms. The molecule has 1 saturated heterocycles. The Morgan fingerprint density at radius 3 is 2.75 bits per heavy atom. The first kappa shape index (κ1) is 9.84. The highest BCUT2D eigenvalue weighted by atomic mass is 16.5. The second-order valence-electron chi connectivity index (χ2n) is 4.39. The summed E-state index contributed by atoms with van der Waals surface area (Å²) in [4.78, 5) is 0. The van der Waals surface area contributed by atoms with Crippen LogP contribution in [0, 0.1) is 0 Å². The molecule has 0 amide bonds. The van der Waals surface area contributed by atoms with Gasteiger partial charge in [-0.2, -0.15) is 0 Å². The van der Waals surface area contributed by atoms with Crippen LogP contribution in [0.3, 0.4) is 0 Å². The van der Waals surface area contributed by atoms with Crippen molar-refractivity contribution in [3.05, 3.63) is 36.0 Å². The number of ether oxygens (including phenoxy) is 1. The van der Waals surface area contributed by atoms with E-state index in [0.717, 1.165) is 0 Å². The summed E-state index contributed by atoms with van der Waals surface area (Å²) in [5, 5.41) is 1.24. The van der Waals surface area contributed by atoms with Crippen molar-refractivity contribution in [2.75, 3.05) is 13.2 Å². The SMILES string of the molecule is Cn1cc(C2(NN)COC2)c2ccccc21. The average molecular weight is 217 g/mol. The summed E-state index contributed by atoms with van der Waals surface area (Å²) in [6, 6.07) is 8.34. The third-order valence-corrected chi connectivity index (χ3v) is 3.39. The quantitative estimate of drug-likeness (QED) is 0.579. The van der Waals surface area contributed by atoms with E-state index < -0.39 is 0 Å². The highest BCUT2D eigenvalue weighted by Gasteiger charge is 2.41. The Bertz CT molecular complexity index is 523. The van der Waals surface area contributed by atoms with Gasteiger partial charge in [0.05, 0.1) is 13.2 Å². The van der Waals surface area contributed by atoms with E-state index in [1.807, 2.05) is 6.07 Å². The molecule has 16 heavy (non-hydrogen) atoms. The van der Waals surface area contributed by atoms with Gasteiger partial charge in [0, 0.05) is 29.7 Å². The van der Waals surface area contributed by atoms with E-state index in [9.17, 15) is 0 Å². The van der Waals surface area contributed by atoms with E-state index in [0.29, 0.717) is 13.2 Å². The van der Waals surface area contributed by atoms with Crippen molar-refractivity contribution in [3.8, 4) is 0 Å². The molecule has 1 fully saturated rings. The largest absolute Gasteiger partial charge is 0.377 e. The molecule has 0 saturated carbocycles. The van der Waals surface area contributed by atoms with Crippen LogP contribution in [0.2, 0.25) is 0 Å². The molecule has 4 heteroatoms. The zero-order valence-corrected chi connectivity index (χ0v) is 9.23. The standard InChI is InChI=1S/C12H15N3O/c1-15-6-10(12(14-13)7-16-8-12)9-4-2-3-5-11(9)15/h2-6,14H,7-8,13H2,1H3. The third kappa shape index (κ3) is 1.15. The van der Waals surface area contributed by atoms with Crippen LogP contribution in [-0.2, 0) is 17.3 Å². The number of para-hydroxylation sites is 1. The number of rotatable bonds is 2. The molecule has 2 aromatic rings. The lowest BCUT2D eigenvalue weighted by atomic mass is 9.88. The first-order valence-electron chi connectivity index (χ1n) is 5.37. The Kier molecular flexibility index (Phi) is 2.04. The number of hydrazine groups is 1. The van der Waals surface area contributed by atoms with Gasteiger partial charge in [-0.1, -0.05) is 18.2 Å². The molecule has 0 spiro atoms. The van der Waals surface area contributed by atoms with Gasteiger partial charge in [-0.15, -0.1) is 0 Å². The van der Waals surface area contributed by atoms with E-state index in [1.165, 1.54) is 16.5 Å². The lowest BCUT2D eigenvalue weighted by Crippen LogP contribution is -2.60. The zero-order valence-electron chi connectivity index (χ0n) is 9.23. The van der Waals surface area contributed by atoms with Gasteiger partial charge in [-0.25, -0.2) is 5.43 Å². The van der Waals surface area contributed by atoms with Crippen molar-refractivity contribution in [1.29, 1.82) is 0 Å². The summed E-state index contributed by atoms with van der Waals surface area (Å²) in [7, 11) is 2.05. The topological polar surface area (TPSA) is 52.2 Å². The normalized spacial score (nSPS) is 18.6. The minimum absolute atomic E-state index is 0.207. The molecule has 1 aliphatic rings. The van der Waals surface area contributed by atoms with Gasteiger partial charge in [0.15, 0.2) is 0 Å². The minimum atomic E-state index is -0.207. The number of benzene rings is 1. The van der Waals surface area contributed by atoms with E-state index in [4.69, 9.17) is 10.6 Å². The van der Waals surface area contributed by atoms with Crippen LogP contribution in [0.15, 0.2) is 30.5 Å². The van der Waals surface area contributed by atoms with E-state index in [-0.39, 0.29) is 5.54 Å². The Morgan fingerprint density at radius 2 is 2.12 bits per heavy atom. The molecule has 2 heterocycles. The van der Waals surface area contributed by atoms with Gasteiger partial charge in [0.2, 0.25) is 0 Å². The molecular weight excluding hydrogens is 202 g/mol. The second kappa shape index (κ2) is 3.31. The van der Waals surface area contributed by atoms with Crippen LogP contribution in [0.4, 0.5) is 0 Å². The summed E-state index contributed by atoms with van der Waals surface area (Å²) in [5.41, 5.74) is 5.13. The average Bonchev–Trinajstić information content (AvgIpc) is 2.58. The predicted molar refractivity (Wildman–Crippen MR) is 62.7 cm³/mol. The van der Waals surface area contributed by atoms with E-state index in [2.05, 4.69) is 41.4 Å². The molecule has 84 valence electrons. The fraction of sp³-hybridized carbons (Fsp3) is 0.333. The van der Waals surface area contributed by atoms with Gasteiger partial charge in [0.25, 0.3) is 0 Å². The highest BCUT2D eigenvalue weighted by molar-refractivity contribution is 5.85. The van der Waals surface area contributed by atoms with Crippen LogP contribution >= 0.6 is 0 Å². The minimum Gasteiger partial charge on any atom is -0.377 e. The molecule has 3 rings (SSSR count).